The number of hydrogen-bond acceptors (Lipinski definition) is 3. The Morgan fingerprint density at radius 2 is 1.83 bits per heavy atom. The molecule has 0 spiro atoms. The predicted octanol–water partition coefficient (Wildman–Crippen LogP) is 3.77. The van der Waals surface area contributed by atoms with Gasteiger partial charge in [0.15, 0.2) is 22.7 Å². The van der Waals surface area contributed by atoms with Crippen molar-refractivity contribution in [1.82, 2.24) is 4.90 Å². The summed E-state index contributed by atoms with van der Waals surface area (Å²) in [4.78, 5) is 1.98. The van der Waals surface area contributed by atoms with Crippen LogP contribution in [0.1, 0.15) is 11.1 Å². The molecule has 1 N–H and O–H groups in total. The Balaban J connectivity index is 1.59. The minimum atomic E-state index is -0.0519. The number of para-hydroxylation sites is 2. The molecule has 5 heteroatoms. The zero-order chi connectivity index (χ0) is 17.1. The number of anilines is 1. The van der Waals surface area contributed by atoms with Crippen LogP contribution in [0.15, 0.2) is 42.5 Å². The Bertz CT molecular complexity index is 728. The van der Waals surface area contributed by atoms with Gasteiger partial charge in [0.05, 0.1) is 6.54 Å². The summed E-state index contributed by atoms with van der Waals surface area (Å²) < 4.78 is 11.7. The van der Waals surface area contributed by atoms with Crippen LogP contribution < -0.4 is 14.8 Å². The van der Waals surface area contributed by atoms with E-state index in [2.05, 4.69) is 37.4 Å². The first-order valence-corrected chi connectivity index (χ1v) is 8.41. The number of nitrogens with one attached hydrogen (secondary N) is 1. The molecule has 2 aromatic rings. The molecule has 0 fully saturated rings. The summed E-state index contributed by atoms with van der Waals surface area (Å²) in [6.45, 7) is 5.34. The first kappa shape index (κ1) is 16.6. The average molecular weight is 342 g/mol. The summed E-state index contributed by atoms with van der Waals surface area (Å²) in [6, 6.07) is 14.0. The van der Waals surface area contributed by atoms with Crippen LogP contribution in [-0.2, 0) is 0 Å². The largest absolute Gasteiger partial charge is 0.486 e. The molecule has 0 radical (unpaired) electrons. The van der Waals surface area contributed by atoms with Crippen LogP contribution in [0.4, 0.5) is 5.69 Å². The minimum absolute atomic E-state index is 0.0519. The normalized spacial score (nSPS) is 15.7. The lowest BCUT2D eigenvalue weighted by molar-refractivity contribution is 0.0784. The fourth-order valence-corrected chi connectivity index (χ4v) is 3.00. The van der Waals surface area contributed by atoms with Gasteiger partial charge in [-0.05, 0) is 61.5 Å². The van der Waals surface area contributed by atoms with E-state index in [1.807, 2.05) is 36.2 Å². The molecule has 4 nitrogen and oxygen atoms in total. The molecule has 0 unspecified atom stereocenters. The monoisotopic (exact) mass is 342 g/mol. The number of thiocarbonyl (C=S) groups is 1. The number of hydrogen-bond donors (Lipinski definition) is 1. The highest BCUT2D eigenvalue weighted by Gasteiger charge is 2.22. The van der Waals surface area contributed by atoms with Crippen molar-refractivity contribution in [3.05, 3.63) is 53.6 Å². The van der Waals surface area contributed by atoms with E-state index >= 15 is 0 Å². The fourth-order valence-electron chi connectivity index (χ4n) is 2.81. The number of nitrogens with zero attached hydrogens (tertiary/aromatic N) is 1. The second-order valence-electron chi connectivity index (χ2n) is 6.18. The van der Waals surface area contributed by atoms with Gasteiger partial charge in [0.25, 0.3) is 0 Å². The maximum absolute atomic E-state index is 5.99. The molecule has 0 saturated heterocycles. The molecule has 0 amide bonds. The van der Waals surface area contributed by atoms with Gasteiger partial charge < -0.3 is 19.7 Å². The SMILES string of the molecule is Cc1cc(C)cc(NC(=S)N(C)C[C@H]2COc3ccccc3O2)c1. The molecule has 1 heterocycles. The van der Waals surface area contributed by atoms with Crippen molar-refractivity contribution in [1.29, 1.82) is 0 Å². The quantitative estimate of drug-likeness (QED) is 0.859. The number of likely N-dealkylation sites (N-methyl/N-ethyl adjacent to an activating group) is 1. The zero-order valence-electron chi connectivity index (χ0n) is 14.2. The lowest BCUT2D eigenvalue weighted by atomic mass is 10.1. The van der Waals surface area contributed by atoms with E-state index in [0.29, 0.717) is 18.3 Å². The van der Waals surface area contributed by atoms with Gasteiger partial charge in [-0.2, -0.15) is 0 Å². The molecule has 24 heavy (non-hydrogen) atoms. The van der Waals surface area contributed by atoms with E-state index < -0.39 is 0 Å². The molecule has 3 rings (SSSR count). The Labute approximate surface area is 148 Å². The van der Waals surface area contributed by atoms with Crippen molar-refractivity contribution in [3.8, 4) is 11.5 Å². The average Bonchev–Trinajstić information content (AvgIpc) is 2.53. The molecule has 126 valence electrons. The molecule has 1 aliphatic rings. The van der Waals surface area contributed by atoms with Crippen molar-refractivity contribution in [3.63, 3.8) is 0 Å². The van der Waals surface area contributed by atoms with Crippen molar-refractivity contribution in [2.45, 2.75) is 20.0 Å². The second kappa shape index (κ2) is 7.09. The first-order valence-electron chi connectivity index (χ1n) is 8.00. The third-order valence-electron chi connectivity index (χ3n) is 3.86. The summed E-state index contributed by atoms with van der Waals surface area (Å²) >= 11 is 5.51. The summed E-state index contributed by atoms with van der Waals surface area (Å²) in [5.41, 5.74) is 3.43. The molecule has 0 aliphatic carbocycles. The highest BCUT2D eigenvalue weighted by atomic mass is 32.1. The number of aryl methyl sites for hydroxylation is 2. The number of fused-ring (bicyclic) bond motifs is 1. The van der Waals surface area contributed by atoms with Crippen molar-refractivity contribution in [2.75, 3.05) is 25.5 Å². The Morgan fingerprint density at radius 1 is 1.17 bits per heavy atom. The van der Waals surface area contributed by atoms with Crippen LogP contribution in [0.3, 0.4) is 0 Å². The fraction of sp³-hybridized carbons (Fsp3) is 0.316. The van der Waals surface area contributed by atoms with Gasteiger partial charge in [-0.25, -0.2) is 0 Å². The third-order valence-corrected chi connectivity index (χ3v) is 4.28. The maximum Gasteiger partial charge on any atom is 0.173 e. The summed E-state index contributed by atoms with van der Waals surface area (Å²) in [6.07, 6.45) is -0.0519. The van der Waals surface area contributed by atoms with E-state index in [-0.39, 0.29) is 6.10 Å². The minimum Gasteiger partial charge on any atom is -0.486 e. The Morgan fingerprint density at radius 3 is 2.54 bits per heavy atom. The van der Waals surface area contributed by atoms with E-state index in [0.717, 1.165) is 17.2 Å². The van der Waals surface area contributed by atoms with E-state index in [4.69, 9.17) is 21.7 Å². The first-order chi connectivity index (χ1) is 11.5. The molecule has 1 aliphatic heterocycles. The highest BCUT2D eigenvalue weighted by Crippen LogP contribution is 2.31. The lowest BCUT2D eigenvalue weighted by Gasteiger charge is -2.30. The van der Waals surface area contributed by atoms with E-state index in [9.17, 15) is 0 Å². The molecule has 0 aromatic heterocycles. The number of ether oxygens (including phenoxy) is 2. The molecule has 2 aromatic carbocycles. The van der Waals surface area contributed by atoms with Crippen molar-refractivity contribution >= 4 is 23.0 Å². The Kier molecular flexibility index (Phi) is 4.90. The van der Waals surface area contributed by atoms with Crippen molar-refractivity contribution < 1.29 is 9.47 Å². The van der Waals surface area contributed by atoms with Gasteiger partial charge in [0.2, 0.25) is 0 Å². The van der Waals surface area contributed by atoms with Gasteiger partial charge in [-0.15, -0.1) is 0 Å². The standard InChI is InChI=1S/C19H22N2O2S/c1-13-8-14(2)10-15(9-13)20-19(24)21(3)11-16-12-22-17-6-4-5-7-18(17)23-16/h4-10,16H,11-12H2,1-3H3,(H,20,24)/t16-/m0/s1. The summed E-state index contributed by atoms with van der Waals surface area (Å²) in [5, 5.41) is 3.96. The molecule has 0 bridgehead atoms. The zero-order valence-corrected chi connectivity index (χ0v) is 15.0. The maximum atomic E-state index is 5.99. The van der Waals surface area contributed by atoms with Crippen molar-refractivity contribution in [2.24, 2.45) is 0 Å². The van der Waals surface area contributed by atoms with Crippen LogP contribution in [0, 0.1) is 13.8 Å². The summed E-state index contributed by atoms with van der Waals surface area (Å²) in [7, 11) is 1.96. The van der Waals surface area contributed by atoms with Gasteiger partial charge >= 0.3 is 0 Å². The van der Waals surface area contributed by atoms with Crippen LogP contribution in [0.2, 0.25) is 0 Å². The van der Waals surface area contributed by atoms with Gasteiger partial charge in [0.1, 0.15) is 6.61 Å². The van der Waals surface area contributed by atoms with E-state index in [1.165, 1.54) is 11.1 Å². The molecule has 0 saturated carbocycles. The van der Waals surface area contributed by atoms with E-state index in [1.54, 1.807) is 0 Å². The number of benzene rings is 2. The molecular formula is C19H22N2O2S. The summed E-state index contributed by atoms with van der Waals surface area (Å²) in [5.74, 6) is 1.59. The van der Waals surface area contributed by atoms with Crippen LogP contribution >= 0.6 is 12.2 Å². The topological polar surface area (TPSA) is 33.7 Å². The third kappa shape index (κ3) is 3.97. The molecule has 1 atom stereocenters. The van der Waals surface area contributed by atoms with Gasteiger partial charge in [0, 0.05) is 12.7 Å². The Hall–Kier alpha value is -2.27. The van der Waals surface area contributed by atoms with Gasteiger partial charge in [-0.3, -0.25) is 0 Å². The van der Waals surface area contributed by atoms with Crippen LogP contribution in [-0.4, -0.2) is 36.3 Å². The smallest absolute Gasteiger partial charge is 0.173 e. The second-order valence-corrected chi connectivity index (χ2v) is 6.57. The highest BCUT2D eigenvalue weighted by molar-refractivity contribution is 7.80. The van der Waals surface area contributed by atoms with Gasteiger partial charge in [-0.1, -0.05) is 18.2 Å². The van der Waals surface area contributed by atoms with Crippen LogP contribution in [0.5, 0.6) is 11.5 Å². The predicted molar refractivity (Wildman–Crippen MR) is 101 cm³/mol. The lowest BCUT2D eigenvalue weighted by Crippen LogP contribution is -2.43. The molecular weight excluding hydrogens is 320 g/mol. The number of rotatable bonds is 3. The van der Waals surface area contributed by atoms with Crippen LogP contribution in [0.25, 0.3) is 0 Å².